The van der Waals surface area contributed by atoms with Crippen molar-refractivity contribution in [1.82, 2.24) is 9.80 Å². The topological polar surface area (TPSA) is 134 Å². The molecule has 4 aromatic rings. The van der Waals surface area contributed by atoms with Crippen LogP contribution in [0.25, 0.3) is 0 Å². The number of aliphatic carboxylic acids is 2. The molecule has 2 amide bonds. The Morgan fingerprint density at radius 1 is 0.519 bits per heavy atom. The van der Waals surface area contributed by atoms with E-state index in [9.17, 15) is 29.4 Å². The van der Waals surface area contributed by atoms with Crippen molar-refractivity contribution in [3.05, 3.63) is 120 Å². The number of carbonyl (C=O) groups is 4. The highest BCUT2D eigenvalue weighted by Crippen LogP contribution is 2.50. The Kier molecular flexibility index (Phi) is 12.3. The van der Waals surface area contributed by atoms with Gasteiger partial charge in [0.25, 0.3) is 0 Å². The number of ether oxygens (including phenoxy) is 2. The second-order valence-corrected chi connectivity index (χ2v) is 13.3. The van der Waals surface area contributed by atoms with E-state index in [2.05, 4.69) is 0 Å². The van der Waals surface area contributed by atoms with Crippen LogP contribution in [0.4, 0.5) is 0 Å². The zero-order valence-electron chi connectivity index (χ0n) is 29.9. The molecule has 10 nitrogen and oxygen atoms in total. The minimum absolute atomic E-state index is 0.445. The first-order chi connectivity index (χ1) is 25.0. The fourth-order valence-electron chi connectivity index (χ4n) is 7.23. The molecule has 0 radical (unpaired) electrons. The van der Waals surface area contributed by atoms with Crippen molar-refractivity contribution in [2.24, 2.45) is 23.7 Å². The molecule has 0 aromatic heterocycles. The quantitative estimate of drug-likeness (QED) is 0.119. The van der Waals surface area contributed by atoms with Gasteiger partial charge in [-0.1, -0.05) is 87.4 Å². The van der Waals surface area contributed by atoms with Crippen LogP contribution in [0, 0.1) is 23.7 Å². The summed E-state index contributed by atoms with van der Waals surface area (Å²) < 4.78 is 11.9. The highest BCUT2D eigenvalue weighted by Gasteiger charge is 2.65. The van der Waals surface area contributed by atoms with E-state index in [1.807, 2.05) is 123 Å². The van der Waals surface area contributed by atoms with Crippen LogP contribution in [0.5, 0.6) is 23.0 Å². The lowest BCUT2D eigenvalue weighted by molar-refractivity contribution is -0.188. The van der Waals surface area contributed by atoms with E-state index >= 15 is 0 Å². The molecule has 52 heavy (non-hydrogen) atoms. The SMILES string of the molecule is CCC[C@H](c1ccc(Oc2ccccc2)cc1)N(C)C(=O)C1C(C(=O)O)C(C(=O)O)C1C(=O)N(C)[C@H](CCC)c1ccc(Oc2ccccc2)cc1. The molecular formula is C42H46N2O8. The van der Waals surface area contributed by atoms with Gasteiger partial charge in [0.2, 0.25) is 11.8 Å². The zero-order valence-corrected chi connectivity index (χ0v) is 29.9. The number of benzene rings is 4. The average molecular weight is 707 g/mol. The van der Waals surface area contributed by atoms with Gasteiger partial charge in [0.1, 0.15) is 23.0 Å². The Balaban J connectivity index is 1.39. The molecule has 10 heteroatoms. The maximum Gasteiger partial charge on any atom is 0.308 e. The molecule has 2 N–H and O–H groups in total. The first-order valence-corrected chi connectivity index (χ1v) is 17.7. The normalized spacial score (nSPS) is 19.0. The summed E-state index contributed by atoms with van der Waals surface area (Å²) >= 11 is 0. The average Bonchev–Trinajstić information content (AvgIpc) is 3.13. The summed E-state index contributed by atoms with van der Waals surface area (Å²) in [6.45, 7) is 3.97. The predicted molar refractivity (Wildman–Crippen MR) is 196 cm³/mol. The Bertz CT molecular complexity index is 1680. The zero-order chi connectivity index (χ0) is 37.4. The number of nitrogens with zero attached hydrogens (tertiary/aromatic N) is 2. The number of rotatable bonds is 16. The standard InChI is InChI=1S/C42H46N2O8/c1-5-13-33(27-19-23-31(24-20-27)51-29-15-9-7-10-16-29)43(3)39(45)35-36(38(42(49)50)37(35)41(47)48)40(46)44(4)34(14-6-2)28-21-25-32(26-22-28)52-30-17-11-8-12-18-30/h7-12,15-26,33-38H,5-6,13-14H2,1-4H3,(H,47,48)(H,49,50)/t33-,34-,35?,36?,37?,38?/m1/s1. The second kappa shape index (κ2) is 17.0. The fourth-order valence-corrected chi connectivity index (χ4v) is 7.23. The minimum atomic E-state index is -1.56. The van der Waals surface area contributed by atoms with E-state index in [-0.39, 0.29) is 0 Å². The van der Waals surface area contributed by atoms with Gasteiger partial charge in [-0.2, -0.15) is 0 Å². The van der Waals surface area contributed by atoms with Gasteiger partial charge in [-0.3, -0.25) is 19.2 Å². The molecule has 1 fully saturated rings. The summed E-state index contributed by atoms with van der Waals surface area (Å²) in [4.78, 5) is 56.8. The van der Waals surface area contributed by atoms with Crippen LogP contribution >= 0.6 is 0 Å². The molecule has 6 atom stereocenters. The number of hydrogen-bond acceptors (Lipinski definition) is 6. The van der Waals surface area contributed by atoms with E-state index in [1.54, 1.807) is 14.1 Å². The third-order valence-corrected chi connectivity index (χ3v) is 9.93. The summed E-state index contributed by atoms with van der Waals surface area (Å²) in [6, 6.07) is 32.5. The lowest BCUT2D eigenvalue weighted by atomic mass is 9.55. The summed E-state index contributed by atoms with van der Waals surface area (Å²) in [6.07, 6.45) is 2.56. The number of carboxylic acid groups (broad SMARTS) is 2. The Hall–Kier alpha value is -5.64. The summed E-state index contributed by atoms with van der Waals surface area (Å²) in [5, 5.41) is 20.4. The van der Waals surface area contributed by atoms with Gasteiger partial charge in [0.15, 0.2) is 0 Å². The van der Waals surface area contributed by atoms with Crippen LogP contribution in [0.3, 0.4) is 0 Å². The van der Waals surface area contributed by atoms with E-state index in [4.69, 9.17) is 9.47 Å². The van der Waals surface area contributed by atoms with Crippen molar-refractivity contribution < 1.29 is 38.9 Å². The van der Waals surface area contributed by atoms with Crippen LogP contribution < -0.4 is 9.47 Å². The lowest BCUT2D eigenvalue weighted by Crippen LogP contribution is -2.64. The van der Waals surface area contributed by atoms with Gasteiger partial charge in [-0.25, -0.2) is 0 Å². The maximum absolute atomic E-state index is 14.4. The van der Waals surface area contributed by atoms with Gasteiger partial charge in [-0.15, -0.1) is 0 Å². The van der Waals surface area contributed by atoms with Crippen molar-refractivity contribution in [3.8, 4) is 23.0 Å². The molecule has 5 rings (SSSR count). The van der Waals surface area contributed by atoms with E-state index in [1.165, 1.54) is 9.80 Å². The molecule has 1 saturated carbocycles. The molecule has 0 aliphatic heterocycles. The van der Waals surface area contributed by atoms with Gasteiger partial charge in [0, 0.05) is 14.1 Å². The van der Waals surface area contributed by atoms with Crippen molar-refractivity contribution in [3.63, 3.8) is 0 Å². The summed E-state index contributed by atoms with van der Waals surface area (Å²) in [5.41, 5.74) is 1.61. The van der Waals surface area contributed by atoms with Crippen LogP contribution in [0.2, 0.25) is 0 Å². The smallest absolute Gasteiger partial charge is 0.308 e. The van der Waals surface area contributed by atoms with Gasteiger partial charge < -0.3 is 29.5 Å². The van der Waals surface area contributed by atoms with Gasteiger partial charge >= 0.3 is 11.9 Å². The van der Waals surface area contributed by atoms with E-state index in [0.717, 1.165) is 11.1 Å². The molecule has 272 valence electrons. The molecule has 4 aromatic carbocycles. The monoisotopic (exact) mass is 706 g/mol. The fraction of sp³-hybridized carbons (Fsp3) is 0.333. The third-order valence-electron chi connectivity index (χ3n) is 9.93. The number of hydrogen-bond donors (Lipinski definition) is 2. The van der Waals surface area contributed by atoms with Crippen LogP contribution in [-0.2, 0) is 19.2 Å². The molecule has 1 aliphatic rings. The van der Waals surface area contributed by atoms with Gasteiger partial charge in [0.05, 0.1) is 35.8 Å². The highest BCUT2D eigenvalue weighted by atomic mass is 16.5. The predicted octanol–water partition coefficient (Wildman–Crippen LogP) is 8.22. The Labute approximate surface area is 304 Å². The van der Waals surface area contributed by atoms with Crippen LogP contribution in [0.1, 0.15) is 62.7 Å². The largest absolute Gasteiger partial charge is 0.481 e. The molecule has 1 aliphatic carbocycles. The molecule has 0 heterocycles. The van der Waals surface area contributed by atoms with Crippen molar-refractivity contribution in [2.75, 3.05) is 14.1 Å². The molecule has 0 saturated heterocycles. The lowest BCUT2D eigenvalue weighted by Gasteiger charge is -2.49. The molecule has 4 unspecified atom stereocenters. The second-order valence-electron chi connectivity index (χ2n) is 13.3. The van der Waals surface area contributed by atoms with Gasteiger partial charge in [-0.05, 0) is 72.5 Å². The third kappa shape index (κ3) is 8.28. The van der Waals surface area contributed by atoms with Crippen molar-refractivity contribution in [2.45, 2.75) is 51.6 Å². The number of para-hydroxylation sites is 2. The highest BCUT2D eigenvalue weighted by molar-refractivity contribution is 5.99. The van der Waals surface area contributed by atoms with Crippen LogP contribution in [-0.4, -0.2) is 57.9 Å². The van der Waals surface area contributed by atoms with E-state index in [0.29, 0.717) is 48.7 Å². The number of carbonyl (C=O) groups excluding carboxylic acids is 2. The molecule has 0 spiro atoms. The minimum Gasteiger partial charge on any atom is -0.481 e. The maximum atomic E-state index is 14.4. The van der Waals surface area contributed by atoms with Crippen molar-refractivity contribution in [1.29, 1.82) is 0 Å². The molecular weight excluding hydrogens is 660 g/mol. The van der Waals surface area contributed by atoms with Crippen molar-refractivity contribution >= 4 is 23.8 Å². The Morgan fingerprint density at radius 2 is 0.827 bits per heavy atom. The molecule has 0 bridgehead atoms. The van der Waals surface area contributed by atoms with Crippen LogP contribution in [0.15, 0.2) is 109 Å². The summed E-state index contributed by atoms with van der Waals surface area (Å²) in [7, 11) is 3.18. The number of carboxylic acids is 2. The Morgan fingerprint density at radius 3 is 1.12 bits per heavy atom. The number of amides is 2. The first kappa shape index (κ1) is 37.6. The first-order valence-electron chi connectivity index (χ1n) is 17.7. The van der Waals surface area contributed by atoms with E-state index < -0.39 is 59.5 Å². The summed E-state index contributed by atoms with van der Waals surface area (Å²) in [5.74, 6) is -7.23.